The van der Waals surface area contributed by atoms with Crippen molar-refractivity contribution in [2.45, 2.75) is 4.90 Å². The van der Waals surface area contributed by atoms with Crippen LogP contribution in [0.15, 0.2) is 65.8 Å². The fourth-order valence-corrected chi connectivity index (χ4v) is 6.03. The van der Waals surface area contributed by atoms with E-state index >= 15 is 0 Å². The van der Waals surface area contributed by atoms with Crippen LogP contribution < -0.4 is 5.32 Å². The van der Waals surface area contributed by atoms with Gasteiger partial charge in [-0.2, -0.15) is 4.31 Å². The number of hydrogen-bond donors (Lipinski definition) is 1. The van der Waals surface area contributed by atoms with Crippen molar-refractivity contribution < 1.29 is 8.42 Å². The third kappa shape index (κ3) is 4.22. The molecule has 1 N–H and O–H groups in total. The molecule has 0 atom stereocenters. The van der Waals surface area contributed by atoms with E-state index in [1.54, 1.807) is 22.5 Å². The number of likely N-dealkylation sites (N-methyl/N-ethyl adjacent to an activating group) is 1. The summed E-state index contributed by atoms with van der Waals surface area (Å²) in [6.07, 6.45) is 1.51. The number of nitrogens with one attached hydrogen (secondary N) is 1. The van der Waals surface area contributed by atoms with Gasteiger partial charge in [-0.15, -0.1) is 0 Å². The number of fused-ring (bicyclic) bond motifs is 1. The molecule has 1 fully saturated rings. The second kappa shape index (κ2) is 8.55. The molecule has 1 aliphatic heterocycles. The van der Waals surface area contributed by atoms with Gasteiger partial charge in [0.1, 0.15) is 12.1 Å². The molecule has 1 saturated heterocycles. The molecule has 0 bridgehead atoms. The molecule has 164 valence electrons. The van der Waals surface area contributed by atoms with E-state index in [9.17, 15) is 8.42 Å². The topological polar surface area (TPSA) is 91.3 Å². The highest BCUT2D eigenvalue weighted by Gasteiger charge is 2.27. The molecule has 0 spiro atoms. The van der Waals surface area contributed by atoms with Gasteiger partial charge in [0.2, 0.25) is 10.0 Å². The molecular weight excluding hydrogens is 444 g/mol. The zero-order valence-electron chi connectivity index (χ0n) is 17.5. The SMILES string of the molecule is CN1CCN(S(=O)(=O)c2ccc3nc(Nc4cc(-c5ccccc5)ncn4)sc3c2)CC1. The first-order chi connectivity index (χ1) is 15.5. The minimum Gasteiger partial charge on any atom is -0.316 e. The molecule has 2 aromatic heterocycles. The lowest BCUT2D eigenvalue weighted by Crippen LogP contribution is -2.46. The summed E-state index contributed by atoms with van der Waals surface area (Å²) < 4.78 is 28.5. The second-order valence-electron chi connectivity index (χ2n) is 7.64. The number of aromatic nitrogens is 3. The lowest BCUT2D eigenvalue weighted by Gasteiger charge is -2.31. The van der Waals surface area contributed by atoms with Gasteiger partial charge < -0.3 is 10.2 Å². The molecular formula is C22H22N6O2S2. The Morgan fingerprint density at radius 3 is 2.53 bits per heavy atom. The predicted molar refractivity (Wildman–Crippen MR) is 127 cm³/mol. The third-order valence-corrected chi connectivity index (χ3v) is 8.26. The van der Waals surface area contributed by atoms with Gasteiger partial charge in [0.25, 0.3) is 0 Å². The molecule has 0 saturated carbocycles. The normalized spacial score (nSPS) is 15.8. The largest absolute Gasteiger partial charge is 0.316 e. The van der Waals surface area contributed by atoms with Gasteiger partial charge in [-0.1, -0.05) is 41.7 Å². The van der Waals surface area contributed by atoms with Crippen molar-refractivity contribution in [2.75, 3.05) is 38.5 Å². The van der Waals surface area contributed by atoms with Crippen LogP contribution in [-0.4, -0.2) is 65.8 Å². The number of thiazole rings is 1. The van der Waals surface area contributed by atoms with E-state index in [4.69, 9.17) is 0 Å². The van der Waals surface area contributed by atoms with Crippen LogP contribution in [0.5, 0.6) is 0 Å². The first-order valence-corrected chi connectivity index (χ1v) is 12.5. The number of anilines is 2. The molecule has 8 nitrogen and oxygen atoms in total. The van der Waals surface area contributed by atoms with Crippen LogP contribution in [0.3, 0.4) is 0 Å². The summed E-state index contributed by atoms with van der Waals surface area (Å²) >= 11 is 1.40. The molecule has 0 aliphatic carbocycles. The Morgan fingerprint density at radius 1 is 0.969 bits per heavy atom. The minimum absolute atomic E-state index is 0.304. The number of benzene rings is 2. The summed E-state index contributed by atoms with van der Waals surface area (Å²) in [4.78, 5) is 15.7. The molecule has 2 aromatic carbocycles. The smallest absolute Gasteiger partial charge is 0.243 e. The fourth-order valence-electron chi connectivity index (χ4n) is 3.60. The summed E-state index contributed by atoms with van der Waals surface area (Å²) in [5, 5.41) is 3.87. The monoisotopic (exact) mass is 466 g/mol. The summed E-state index contributed by atoms with van der Waals surface area (Å²) in [6.45, 7) is 2.48. The van der Waals surface area contributed by atoms with Crippen LogP contribution in [0.25, 0.3) is 21.5 Å². The van der Waals surface area contributed by atoms with Crippen molar-refractivity contribution in [1.82, 2.24) is 24.2 Å². The van der Waals surface area contributed by atoms with Crippen LogP contribution in [0.4, 0.5) is 10.9 Å². The van der Waals surface area contributed by atoms with Crippen molar-refractivity contribution in [2.24, 2.45) is 0 Å². The van der Waals surface area contributed by atoms with Crippen LogP contribution in [0.1, 0.15) is 0 Å². The number of hydrogen-bond acceptors (Lipinski definition) is 8. The number of piperazine rings is 1. The summed E-state index contributed by atoms with van der Waals surface area (Å²) in [5.41, 5.74) is 2.55. The Morgan fingerprint density at radius 2 is 1.75 bits per heavy atom. The molecule has 32 heavy (non-hydrogen) atoms. The van der Waals surface area contributed by atoms with E-state index in [2.05, 4.69) is 25.2 Å². The molecule has 10 heteroatoms. The second-order valence-corrected chi connectivity index (χ2v) is 10.6. The van der Waals surface area contributed by atoms with Gasteiger partial charge in [0, 0.05) is 37.8 Å². The van der Waals surface area contributed by atoms with Crippen molar-refractivity contribution in [3.05, 3.63) is 60.9 Å². The van der Waals surface area contributed by atoms with Gasteiger partial charge in [-0.05, 0) is 25.2 Å². The van der Waals surface area contributed by atoms with Crippen molar-refractivity contribution >= 4 is 42.5 Å². The predicted octanol–water partition coefficient (Wildman–Crippen LogP) is 3.43. The summed E-state index contributed by atoms with van der Waals surface area (Å²) in [5.74, 6) is 0.628. The van der Waals surface area contributed by atoms with Gasteiger partial charge in [-0.25, -0.2) is 23.4 Å². The molecule has 0 radical (unpaired) electrons. The summed E-state index contributed by atoms with van der Waals surface area (Å²) in [7, 11) is -1.52. The highest BCUT2D eigenvalue weighted by Crippen LogP contribution is 2.31. The Labute approximate surface area is 190 Å². The van der Waals surface area contributed by atoms with Crippen LogP contribution in [0, 0.1) is 0 Å². The molecule has 5 rings (SSSR count). The molecule has 0 amide bonds. The minimum atomic E-state index is -3.52. The van der Waals surface area contributed by atoms with E-state index in [0.717, 1.165) is 34.6 Å². The van der Waals surface area contributed by atoms with E-state index in [-0.39, 0.29) is 0 Å². The average molecular weight is 467 g/mol. The zero-order chi connectivity index (χ0) is 22.1. The van der Waals surface area contributed by atoms with Crippen LogP contribution in [0.2, 0.25) is 0 Å². The lowest BCUT2D eigenvalue weighted by molar-refractivity contribution is 0.222. The van der Waals surface area contributed by atoms with Crippen molar-refractivity contribution in [1.29, 1.82) is 0 Å². The van der Waals surface area contributed by atoms with Gasteiger partial charge in [0.15, 0.2) is 5.13 Å². The van der Waals surface area contributed by atoms with Gasteiger partial charge in [0.05, 0.1) is 20.8 Å². The number of nitrogens with zero attached hydrogens (tertiary/aromatic N) is 5. The maximum atomic E-state index is 13.1. The number of sulfonamides is 1. The molecule has 0 unspecified atom stereocenters. The van der Waals surface area contributed by atoms with E-state index in [1.165, 1.54) is 17.7 Å². The van der Waals surface area contributed by atoms with E-state index < -0.39 is 10.0 Å². The Kier molecular flexibility index (Phi) is 5.60. The quantitative estimate of drug-likeness (QED) is 0.482. The first-order valence-electron chi connectivity index (χ1n) is 10.2. The Hall–Kier alpha value is -2.92. The molecule has 4 aromatic rings. The van der Waals surface area contributed by atoms with Crippen molar-refractivity contribution in [3.8, 4) is 11.3 Å². The van der Waals surface area contributed by atoms with Crippen molar-refractivity contribution in [3.63, 3.8) is 0 Å². The summed E-state index contributed by atoms with van der Waals surface area (Å²) in [6, 6.07) is 16.8. The molecule has 1 aliphatic rings. The van der Waals surface area contributed by atoms with Crippen LogP contribution >= 0.6 is 11.3 Å². The van der Waals surface area contributed by atoms with E-state index in [0.29, 0.717) is 28.9 Å². The zero-order valence-corrected chi connectivity index (χ0v) is 19.1. The third-order valence-electron chi connectivity index (χ3n) is 5.43. The first kappa shape index (κ1) is 21.0. The maximum Gasteiger partial charge on any atom is 0.243 e. The Balaban J connectivity index is 1.39. The molecule has 3 heterocycles. The van der Waals surface area contributed by atoms with Gasteiger partial charge >= 0.3 is 0 Å². The average Bonchev–Trinajstić information content (AvgIpc) is 3.21. The lowest BCUT2D eigenvalue weighted by atomic mass is 10.1. The maximum absolute atomic E-state index is 13.1. The van der Waals surface area contributed by atoms with E-state index in [1.807, 2.05) is 43.4 Å². The Bertz CT molecular complexity index is 1350. The fraction of sp³-hybridized carbons (Fsp3) is 0.227. The standard InChI is InChI=1S/C22H22N6O2S2/c1-27-9-11-28(12-10-27)32(29,30)17-7-8-18-20(13-17)31-22(25-18)26-21-14-19(23-15-24-21)16-5-3-2-4-6-16/h2-8,13-15H,9-12H2,1H3,(H,23,24,25,26). The van der Waals surface area contributed by atoms with Crippen LogP contribution in [-0.2, 0) is 10.0 Å². The highest BCUT2D eigenvalue weighted by molar-refractivity contribution is 7.89. The highest BCUT2D eigenvalue weighted by atomic mass is 32.2. The number of rotatable bonds is 5. The van der Waals surface area contributed by atoms with Gasteiger partial charge in [-0.3, -0.25) is 0 Å².